The first-order valence-electron chi connectivity index (χ1n) is 14.6. The van der Waals surface area contributed by atoms with Crippen molar-refractivity contribution in [2.24, 2.45) is 0 Å². The number of methoxy groups -OCH3 is 1. The molecule has 0 saturated carbocycles. The minimum atomic E-state index is -0.939. The number of benzene rings is 5. The van der Waals surface area contributed by atoms with Crippen molar-refractivity contribution in [3.05, 3.63) is 138 Å². The van der Waals surface area contributed by atoms with Gasteiger partial charge in [-0.2, -0.15) is 0 Å². The molecule has 1 N–H and O–H groups in total. The molecule has 0 aliphatic carbocycles. The van der Waals surface area contributed by atoms with Crippen LogP contribution in [0.1, 0.15) is 33.2 Å². The highest BCUT2D eigenvalue weighted by Gasteiger charge is 2.26. The van der Waals surface area contributed by atoms with Gasteiger partial charge >= 0.3 is 5.97 Å². The molecular formula is C37H32N2O4. The van der Waals surface area contributed by atoms with E-state index in [-0.39, 0.29) is 11.7 Å². The Morgan fingerprint density at radius 1 is 0.744 bits per heavy atom. The number of hydrogen-bond donors (Lipinski definition) is 1. The van der Waals surface area contributed by atoms with E-state index < -0.39 is 5.97 Å². The van der Waals surface area contributed by atoms with Crippen LogP contribution in [-0.2, 0) is 0 Å². The van der Waals surface area contributed by atoms with Crippen LogP contribution >= 0.6 is 0 Å². The molecule has 0 spiro atoms. The molecule has 1 atom stereocenters. The highest BCUT2D eigenvalue weighted by Crippen LogP contribution is 2.45. The first kappa shape index (κ1) is 26.7. The zero-order valence-corrected chi connectivity index (χ0v) is 23.9. The highest BCUT2D eigenvalue weighted by atomic mass is 16.5. The van der Waals surface area contributed by atoms with Crippen LogP contribution in [0.2, 0.25) is 0 Å². The molecular weight excluding hydrogens is 536 g/mol. The number of ether oxygens (including phenoxy) is 2. The molecule has 0 amide bonds. The highest BCUT2D eigenvalue weighted by molar-refractivity contribution is 6.09. The number of fused-ring (bicyclic) bond motifs is 3. The molecule has 214 valence electrons. The molecule has 2 aliphatic heterocycles. The minimum Gasteiger partial charge on any atom is -0.497 e. The fourth-order valence-electron chi connectivity index (χ4n) is 6.22. The Kier molecular flexibility index (Phi) is 6.95. The third kappa shape index (κ3) is 5.06. The van der Waals surface area contributed by atoms with E-state index in [2.05, 4.69) is 64.4 Å². The Bertz CT molecular complexity index is 1810. The Morgan fingerprint density at radius 2 is 1.40 bits per heavy atom. The molecule has 6 heteroatoms. The first-order valence-corrected chi connectivity index (χ1v) is 14.6. The van der Waals surface area contributed by atoms with Crippen LogP contribution in [0.25, 0.3) is 16.3 Å². The van der Waals surface area contributed by atoms with Gasteiger partial charge in [0.1, 0.15) is 17.6 Å². The fourth-order valence-corrected chi connectivity index (χ4v) is 6.22. The monoisotopic (exact) mass is 568 g/mol. The van der Waals surface area contributed by atoms with Gasteiger partial charge in [-0.05, 0) is 88.1 Å². The molecule has 2 heterocycles. The van der Waals surface area contributed by atoms with Crippen molar-refractivity contribution in [2.45, 2.75) is 6.10 Å². The number of carboxylic acids is 1. The van der Waals surface area contributed by atoms with E-state index in [4.69, 9.17) is 9.47 Å². The zero-order chi connectivity index (χ0) is 29.3. The summed E-state index contributed by atoms with van der Waals surface area (Å²) in [4.78, 5) is 16.9. The quantitative estimate of drug-likeness (QED) is 0.230. The number of hydrogen-bond acceptors (Lipinski definition) is 5. The average molecular weight is 569 g/mol. The summed E-state index contributed by atoms with van der Waals surface area (Å²) in [6, 6.07) is 36.4. The van der Waals surface area contributed by atoms with Gasteiger partial charge in [-0.1, -0.05) is 54.6 Å². The van der Waals surface area contributed by atoms with Crippen molar-refractivity contribution in [1.82, 2.24) is 0 Å². The van der Waals surface area contributed by atoms with Gasteiger partial charge in [0, 0.05) is 43.1 Å². The van der Waals surface area contributed by atoms with E-state index in [0.717, 1.165) is 65.3 Å². The molecule has 1 unspecified atom stereocenters. The van der Waals surface area contributed by atoms with Gasteiger partial charge < -0.3 is 24.4 Å². The maximum Gasteiger partial charge on any atom is 0.336 e. The maximum atomic E-state index is 12.0. The summed E-state index contributed by atoms with van der Waals surface area (Å²) in [5, 5.41) is 11.4. The predicted octanol–water partition coefficient (Wildman–Crippen LogP) is 7.44. The van der Waals surface area contributed by atoms with E-state index >= 15 is 0 Å². The van der Waals surface area contributed by atoms with Crippen molar-refractivity contribution in [3.63, 3.8) is 0 Å². The van der Waals surface area contributed by atoms with E-state index in [1.165, 1.54) is 11.4 Å². The van der Waals surface area contributed by atoms with Gasteiger partial charge in [-0.25, -0.2) is 4.79 Å². The SMILES string of the molecule is COc1ccc(N2CCN(c3ccc(C4=CC(c5ccccc5)Oc5ccc6c(C(=O)O)cccc6c54)cc3)CC2)cc1. The number of carboxylic acid groups (broad SMARTS) is 1. The second-order valence-corrected chi connectivity index (χ2v) is 10.9. The molecule has 0 aromatic heterocycles. The van der Waals surface area contributed by atoms with Crippen molar-refractivity contribution in [2.75, 3.05) is 43.1 Å². The molecule has 0 bridgehead atoms. The molecule has 2 aliphatic rings. The van der Waals surface area contributed by atoms with Crippen LogP contribution in [0, 0.1) is 0 Å². The molecule has 1 fully saturated rings. The zero-order valence-electron chi connectivity index (χ0n) is 23.9. The normalized spacial score (nSPS) is 16.3. The summed E-state index contributed by atoms with van der Waals surface area (Å²) >= 11 is 0. The minimum absolute atomic E-state index is 0.255. The first-order chi connectivity index (χ1) is 21.1. The second kappa shape index (κ2) is 11.2. The average Bonchev–Trinajstić information content (AvgIpc) is 3.08. The Hall–Kier alpha value is -5.23. The Morgan fingerprint density at radius 3 is 2.02 bits per heavy atom. The number of carbonyl (C=O) groups is 1. The summed E-state index contributed by atoms with van der Waals surface area (Å²) in [7, 11) is 1.69. The predicted molar refractivity (Wildman–Crippen MR) is 172 cm³/mol. The van der Waals surface area contributed by atoms with Crippen molar-refractivity contribution >= 4 is 33.7 Å². The molecule has 43 heavy (non-hydrogen) atoms. The van der Waals surface area contributed by atoms with Crippen molar-refractivity contribution < 1.29 is 19.4 Å². The fraction of sp³-hybridized carbons (Fsp3) is 0.162. The molecule has 1 saturated heterocycles. The van der Waals surface area contributed by atoms with Crippen LogP contribution in [-0.4, -0.2) is 44.4 Å². The van der Waals surface area contributed by atoms with Crippen molar-refractivity contribution in [1.29, 1.82) is 0 Å². The lowest BCUT2D eigenvalue weighted by Gasteiger charge is -2.37. The van der Waals surface area contributed by atoms with Crippen LogP contribution in [0.15, 0.2) is 115 Å². The summed E-state index contributed by atoms with van der Waals surface area (Å²) < 4.78 is 11.8. The van der Waals surface area contributed by atoms with Gasteiger partial charge in [0.25, 0.3) is 0 Å². The molecule has 5 aromatic rings. The lowest BCUT2D eigenvalue weighted by atomic mass is 9.87. The summed E-state index contributed by atoms with van der Waals surface area (Å²) in [6.45, 7) is 3.76. The van der Waals surface area contributed by atoms with Gasteiger partial charge in [-0.3, -0.25) is 0 Å². The van der Waals surface area contributed by atoms with Crippen LogP contribution in [0.3, 0.4) is 0 Å². The molecule has 6 nitrogen and oxygen atoms in total. The van der Waals surface area contributed by atoms with Gasteiger partial charge in [0.15, 0.2) is 0 Å². The lowest BCUT2D eigenvalue weighted by molar-refractivity contribution is 0.0699. The summed E-state index contributed by atoms with van der Waals surface area (Å²) in [5.41, 5.74) is 6.79. The van der Waals surface area contributed by atoms with E-state index in [9.17, 15) is 9.90 Å². The largest absolute Gasteiger partial charge is 0.497 e. The standard InChI is InChI=1S/C37H32N2O4/c1-42-29-16-14-28(15-17-29)39-22-20-38(21-23-39)27-12-10-25(11-13-27)33-24-35(26-6-3-2-4-7-26)43-34-19-18-30-31(36(33)34)8-5-9-32(30)37(40)41/h2-19,24,35H,20-23H2,1H3,(H,40,41). The van der Waals surface area contributed by atoms with Crippen LogP contribution in [0.4, 0.5) is 11.4 Å². The molecule has 0 radical (unpaired) electrons. The van der Waals surface area contributed by atoms with Crippen molar-refractivity contribution in [3.8, 4) is 11.5 Å². The molecule has 7 rings (SSSR count). The molecule has 5 aromatic carbocycles. The van der Waals surface area contributed by atoms with E-state index in [0.29, 0.717) is 5.39 Å². The van der Waals surface area contributed by atoms with E-state index in [1.807, 2.05) is 54.6 Å². The number of aromatic carboxylic acids is 1. The smallest absolute Gasteiger partial charge is 0.336 e. The Labute approximate surface area is 251 Å². The van der Waals surface area contributed by atoms with E-state index in [1.54, 1.807) is 13.2 Å². The second-order valence-electron chi connectivity index (χ2n) is 10.9. The number of rotatable bonds is 6. The Balaban J connectivity index is 1.20. The van der Waals surface area contributed by atoms with Gasteiger partial charge in [-0.15, -0.1) is 0 Å². The lowest BCUT2D eigenvalue weighted by Crippen LogP contribution is -2.46. The summed E-state index contributed by atoms with van der Waals surface area (Å²) in [5.74, 6) is 0.682. The summed E-state index contributed by atoms with van der Waals surface area (Å²) in [6.07, 6.45) is 1.90. The third-order valence-electron chi connectivity index (χ3n) is 8.48. The maximum absolute atomic E-state index is 12.0. The number of anilines is 2. The third-order valence-corrected chi connectivity index (χ3v) is 8.48. The van der Waals surface area contributed by atoms with Gasteiger partial charge in [0.2, 0.25) is 0 Å². The van der Waals surface area contributed by atoms with Crippen LogP contribution in [0.5, 0.6) is 11.5 Å². The van der Waals surface area contributed by atoms with Crippen LogP contribution < -0.4 is 19.3 Å². The topological polar surface area (TPSA) is 62.2 Å². The van der Waals surface area contributed by atoms with Gasteiger partial charge in [0.05, 0.1) is 12.7 Å². The number of nitrogens with zero attached hydrogens (tertiary/aromatic N) is 2. The number of piperazine rings is 1.